The molecule has 2 aromatic carbocycles. The van der Waals surface area contributed by atoms with Crippen LogP contribution < -0.4 is 5.56 Å². The van der Waals surface area contributed by atoms with Crippen LogP contribution in [0, 0.1) is 12.7 Å². The van der Waals surface area contributed by atoms with Crippen molar-refractivity contribution in [2.75, 3.05) is 0 Å². The average Bonchev–Trinajstić information content (AvgIpc) is 3.39. The smallest absolute Gasteiger partial charge is 0.258 e. The zero-order chi connectivity index (χ0) is 23.2. The van der Waals surface area contributed by atoms with Gasteiger partial charge in [0, 0.05) is 18.2 Å². The van der Waals surface area contributed by atoms with Gasteiger partial charge in [-0.1, -0.05) is 12.1 Å². The Bertz CT molecular complexity index is 1560. The van der Waals surface area contributed by atoms with Crippen molar-refractivity contribution in [3.63, 3.8) is 0 Å². The maximum atomic E-state index is 13.8. The third-order valence-corrected chi connectivity index (χ3v) is 6.20. The van der Waals surface area contributed by atoms with Crippen LogP contribution in [0.1, 0.15) is 35.8 Å². The Morgan fingerprint density at radius 1 is 1.12 bits per heavy atom. The highest BCUT2D eigenvalue weighted by Crippen LogP contribution is 2.36. The maximum Gasteiger partial charge on any atom is 0.258 e. The van der Waals surface area contributed by atoms with E-state index >= 15 is 0 Å². The molecular weight excluding hydrogens is 431 g/mol. The van der Waals surface area contributed by atoms with Crippen LogP contribution in [-0.4, -0.2) is 29.7 Å². The second-order valence-corrected chi connectivity index (χ2v) is 8.92. The van der Waals surface area contributed by atoms with Crippen LogP contribution in [0.15, 0.2) is 59.8 Å². The van der Waals surface area contributed by atoms with Crippen molar-refractivity contribution in [2.45, 2.75) is 38.6 Å². The summed E-state index contributed by atoms with van der Waals surface area (Å²) in [4.78, 5) is 27.6. The number of hydrogen-bond donors (Lipinski definition) is 2. The van der Waals surface area contributed by atoms with Gasteiger partial charge in [0.2, 0.25) is 0 Å². The van der Waals surface area contributed by atoms with E-state index in [1.807, 2.05) is 48.1 Å². The second-order valence-electron chi connectivity index (χ2n) is 8.92. The minimum Gasteiger partial charge on any atom is -0.340 e. The van der Waals surface area contributed by atoms with Crippen molar-refractivity contribution in [1.82, 2.24) is 29.7 Å². The first kappa shape index (κ1) is 20.5. The number of aromatic nitrogens is 6. The van der Waals surface area contributed by atoms with E-state index in [2.05, 4.69) is 15.0 Å². The summed E-state index contributed by atoms with van der Waals surface area (Å²) in [7, 11) is 0. The third-order valence-electron chi connectivity index (χ3n) is 6.20. The van der Waals surface area contributed by atoms with E-state index in [4.69, 9.17) is 10.1 Å². The molecule has 1 saturated carbocycles. The lowest BCUT2D eigenvalue weighted by atomic mass is 10.1. The van der Waals surface area contributed by atoms with Crippen molar-refractivity contribution in [1.29, 1.82) is 0 Å². The standard InChI is InChI=1S/C26H23FN6O/c1-15-10-16(12-18(27)11-15)2-7-23-30-24(17-3-6-21-20(13-17)26(34)29-14-28-21)25(31-23)22-8-9-33(32-22)19-4-5-19/h3,6,8-14,19H,2,4-5,7H2,1H3,(H,30,31)(H,28,29,34). The topological polar surface area (TPSA) is 92.2 Å². The summed E-state index contributed by atoms with van der Waals surface area (Å²) in [5.74, 6) is 0.560. The van der Waals surface area contributed by atoms with Crippen LogP contribution >= 0.6 is 0 Å². The largest absolute Gasteiger partial charge is 0.340 e. The Labute approximate surface area is 194 Å². The number of fused-ring (bicyclic) bond motifs is 1. The Hall–Kier alpha value is -4.07. The summed E-state index contributed by atoms with van der Waals surface area (Å²) in [6, 6.07) is 13.1. The molecule has 34 heavy (non-hydrogen) atoms. The molecule has 170 valence electrons. The van der Waals surface area contributed by atoms with Gasteiger partial charge in [0.25, 0.3) is 5.56 Å². The van der Waals surface area contributed by atoms with Crippen molar-refractivity contribution in [2.24, 2.45) is 0 Å². The Morgan fingerprint density at radius 2 is 2.00 bits per heavy atom. The van der Waals surface area contributed by atoms with Gasteiger partial charge in [0.15, 0.2) is 0 Å². The summed E-state index contributed by atoms with van der Waals surface area (Å²) in [6.45, 7) is 1.89. The van der Waals surface area contributed by atoms with E-state index in [0.717, 1.165) is 52.4 Å². The molecule has 1 aliphatic rings. The highest BCUT2D eigenvalue weighted by atomic mass is 19.1. The van der Waals surface area contributed by atoms with E-state index in [-0.39, 0.29) is 11.4 Å². The first-order valence-electron chi connectivity index (χ1n) is 11.4. The van der Waals surface area contributed by atoms with Crippen molar-refractivity contribution in [3.05, 3.63) is 88.1 Å². The Morgan fingerprint density at radius 3 is 2.82 bits per heavy atom. The fraction of sp³-hybridized carbons (Fsp3) is 0.231. The van der Waals surface area contributed by atoms with E-state index in [0.29, 0.717) is 29.8 Å². The zero-order valence-corrected chi connectivity index (χ0v) is 18.7. The van der Waals surface area contributed by atoms with Gasteiger partial charge in [0.1, 0.15) is 17.3 Å². The van der Waals surface area contributed by atoms with Crippen molar-refractivity contribution < 1.29 is 4.39 Å². The summed E-state index contributed by atoms with van der Waals surface area (Å²) < 4.78 is 15.8. The molecule has 8 heteroatoms. The molecule has 0 bridgehead atoms. The summed E-state index contributed by atoms with van der Waals surface area (Å²) in [5, 5.41) is 5.29. The molecule has 0 amide bonds. The number of hydrogen-bond acceptors (Lipinski definition) is 4. The first-order chi connectivity index (χ1) is 16.5. The van der Waals surface area contributed by atoms with Crippen LogP contribution in [0.5, 0.6) is 0 Å². The molecule has 0 atom stereocenters. The van der Waals surface area contributed by atoms with Crippen molar-refractivity contribution >= 4 is 10.9 Å². The van der Waals surface area contributed by atoms with Crippen LogP contribution in [-0.2, 0) is 12.8 Å². The van der Waals surface area contributed by atoms with Gasteiger partial charge >= 0.3 is 0 Å². The molecule has 3 aromatic heterocycles. The van der Waals surface area contributed by atoms with Crippen molar-refractivity contribution in [3.8, 4) is 22.6 Å². The maximum absolute atomic E-state index is 13.8. The van der Waals surface area contributed by atoms with Gasteiger partial charge in [-0.3, -0.25) is 9.48 Å². The van der Waals surface area contributed by atoms with E-state index in [1.54, 1.807) is 6.07 Å². The predicted molar refractivity (Wildman–Crippen MR) is 128 cm³/mol. The fourth-order valence-electron chi connectivity index (χ4n) is 4.38. The number of H-pyrrole nitrogens is 2. The number of nitrogens with zero attached hydrogens (tertiary/aromatic N) is 4. The molecule has 7 nitrogen and oxygen atoms in total. The predicted octanol–water partition coefficient (Wildman–Crippen LogP) is 4.74. The molecule has 1 aliphatic carbocycles. The number of rotatable bonds is 6. The molecule has 0 aliphatic heterocycles. The molecule has 0 spiro atoms. The molecule has 0 saturated heterocycles. The molecule has 1 fully saturated rings. The second kappa shape index (κ2) is 8.06. The van der Waals surface area contributed by atoms with Crippen LogP contribution in [0.2, 0.25) is 0 Å². The highest BCUT2D eigenvalue weighted by Gasteiger charge is 2.25. The van der Waals surface area contributed by atoms with E-state index < -0.39 is 0 Å². The Balaban J connectivity index is 1.40. The first-order valence-corrected chi connectivity index (χ1v) is 11.4. The lowest BCUT2D eigenvalue weighted by molar-refractivity contribution is 0.623. The number of imidazole rings is 1. The number of benzene rings is 2. The number of halogens is 1. The normalized spacial score (nSPS) is 13.6. The van der Waals surface area contributed by atoms with Gasteiger partial charge in [-0.05, 0) is 67.6 Å². The SMILES string of the molecule is Cc1cc(F)cc(CCc2nc(-c3ccc4nc[nH]c(=O)c4c3)c(-c3ccn(C4CC4)n3)[nH]2)c1. The molecule has 2 N–H and O–H groups in total. The van der Waals surface area contributed by atoms with Crippen LogP contribution in [0.3, 0.4) is 0 Å². The minimum absolute atomic E-state index is 0.191. The summed E-state index contributed by atoms with van der Waals surface area (Å²) >= 11 is 0. The number of nitrogens with one attached hydrogen (secondary N) is 2. The molecule has 0 unspecified atom stereocenters. The van der Waals surface area contributed by atoms with Gasteiger partial charge in [-0.25, -0.2) is 14.4 Å². The van der Waals surface area contributed by atoms with E-state index in [9.17, 15) is 9.18 Å². The van der Waals surface area contributed by atoms with Gasteiger partial charge in [-0.2, -0.15) is 5.10 Å². The van der Waals surface area contributed by atoms with Crippen LogP contribution in [0.4, 0.5) is 4.39 Å². The Kier molecular flexibility index (Phi) is 4.86. The number of aromatic amines is 2. The monoisotopic (exact) mass is 454 g/mol. The summed E-state index contributed by atoms with van der Waals surface area (Å²) in [6.07, 6.45) is 6.98. The average molecular weight is 455 g/mol. The molecule has 0 radical (unpaired) electrons. The zero-order valence-electron chi connectivity index (χ0n) is 18.7. The molecule has 6 rings (SSSR count). The lowest BCUT2D eigenvalue weighted by Gasteiger charge is -2.03. The fourth-order valence-corrected chi connectivity index (χ4v) is 4.38. The summed E-state index contributed by atoms with van der Waals surface area (Å²) in [5.41, 5.74) is 5.43. The lowest BCUT2D eigenvalue weighted by Crippen LogP contribution is -2.06. The van der Waals surface area contributed by atoms with Gasteiger partial charge < -0.3 is 9.97 Å². The minimum atomic E-state index is -0.226. The van der Waals surface area contributed by atoms with Gasteiger partial charge in [0.05, 0.1) is 34.7 Å². The van der Waals surface area contributed by atoms with Crippen LogP contribution in [0.25, 0.3) is 33.5 Å². The third kappa shape index (κ3) is 3.91. The highest BCUT2D eigenvalue weighted by molar-refractivity contribution is 5.86. The number of aryl methyl sites for hydroxylation is 3. The molecular formula is C26H23FN6O. The quantitative estimate of drug-likeness (QED) is 0.387. The molecule has 5 aromatic rings. The van der Waals surface area contributed by atoms with Gasteiger partial charge in [-0.15, -0.1) is 0 Å². The van der Waals surface area contributed by atoms with E-state index in [1.165, 1.54) is 12.4 Å². The molecule has 3 heterocycles.